The van der Waals surface area contributed by atoms with Crippen molar-refractivity contribution in [2.24, 2.45) is 0 Å². The second kappa shape index (κ2) is 4.05. The molecule has 16 heavy (non-hydrogen) atoms. The fourth-order valence-electron chi connectivity index (χ4n) is 1.84. The average Bonchev–Trinajstić information content (AvgIpc) is 2.77. The van der Waals surface area contributed by atoms with E-state index in [-0.39, 0.29) is 6.10 Å². The first-order valence-electron chi connectivity index (χ1n) is 5.45. The molecule has 3 heterocycles. The molecular weight excluding hydrogens is 206 g/mol. The van der Waals surface area contributed by atoms with E-state index in [0.29, 0.717) is 6.01 Å². The third-order valence-electron chi connectivity index (χ3n) is 2.73. The third kappa shape index (κ3) is 1.83. The molecule has 0 spiro atoms. The van der Waals surface area contributed by atoms with E-state index in [4.69, 9.17) is 4.74 Å². The van der Waals surface area contributed by atoms with E-state index in [1.165, 1.54) is 0 Å². The van der Waals surface area contributed by atoms with Crippen molar-refractivity contribution in [3.05, 3.63) is 12.4 Å². The van der Waals surface area contributed by atoms with Crippen LogP contribution in [0.15, 0.2) is 12.4 Å². The molecule has 84 valence electrons. The van der Waals surface area contributed by atoms with Crippen LogP contribution in [0.25, 0.3) is 11.0 Å². The number of nitrogens with zero attached hydrogens (tertiary/aromatic N) is 3. The molecule has 0 atom stereocenters. The Morgan fingerprint density at radius 3 is 3.00 bits per heavy atom. The van der Waals surface area contributed by atoms with Gasteiger partial charge in [-0.25, -0.2) is 4.98 Å². The van der Waals surface area contributed by atoms with Gasteiger partial charge in [0, 0.05) is 6.20 Å². The lowest BCUT2D eigenvalue weighted by atomic mass is 10.1. The van der Waals surface area contributed by atoms with Crippen LogP contribution >= 0.6 is 0 Å². The summed E-state index contributed by atoms with van der Waals surface area (Å²) in [4.78, 5) is 8.42. The zero-order chi connectivity index (χ0) is 10.8. The number of hydrogen-bond acceptors (Lipinski definition) is 5. The Bertz CT molecular complexity index is 477. The molecule has 1 saturated heterocycles. The molecule has 3 rings (SSSR count). The minimum atomic E-state index is 0.224. The van der Waals surface area contributed by atoms with Gasteiger partial charge in [0.1, 0.15) is 6.10 Å². The Morgan fingerprint density at radius 2 is 2.12 bits per heavy atom. The molecule has 0 unspecified atom stereocenters. The van der Waals surface area contributed by atoms with E-state index in [9.17, 15) is 0 Å². The van der Waals surface area contributed by atoms with Crippen molar-refractivity contribution in [3.63, 3.8) is 0 Å². The number of hydrogen-bond donors (Lipinski definition) is 2. The number of rotatable bonds is 2. The van der Waals surface area contributed by atoms with E-state index in [2.05, 4.69) is 25.5 Å². The van der Waals surface area contributed by atoms with Gasteiger partial charge in [-0.1, -0.05) is 0 Å². The smallest absolute Gasteiger partial charge is 0.318 e. The Morgan fingerprint density at radius 1 is 1.25 bits per heavy atom. The highest BCUT2D eigenvalue weighted by molar-refractivity contribution is 5.72. The van der Waals surface area contributed by atoms with Gasteiger partial charge in [0.2, 0.25) is 0 Å². The third-order valence-corrected chi connectivity index (χ3v) is 2.73. The first kappa shape index (κ1) is 9.53. The SMILES string of the molecule is c1n[nH]c2nc(OC3CCNCC3)ncc12. The van der Waals surface area contributed by atoms with Gasteiger partial charge in [0.25, 0.3) is 0 Å². The summed E-state index contributed by atoms with van der Waals surface area (Å²) >= 11 is 0. The second-order valence-electron chi connectivity index (χ2n) is 3.89. The van der Waals surface area contributed by atoms with Crippen molar-refractivity contribution in [1.29, 1.82) is 0 Å². The number of aromatic amines is 1. The zero-order valence-electron chi connectivity index (χ0n) is 8.81. The monoisotopic (exact) mass is 219 g/mol. The van der Waals surface area contributed by atoms with E-state index >= 15 is 0 Å². The normalized spacial score (nSPS) is 17.8. The van der Waals surface area contributed by atoms with Crippen LogP contribution in [0.5, 0.6) is 6.01 Å². The van der Waals surface area contributed by atoms with Crippen LogP contribution in [0.3, 0.4) is 0 Å². The van der Waals surface area contributed by atoms with Gasteiger partial charge in [-0.3, -0.25) is 5.10 Å². The molecule has 0 amide bonds. The molecule has 0 aromatic carbocycles. The lowest BCUT2D eigenvalue weighted by molar-refractivity contribution is 0.149. The Labute approximate surface area is 92.4 Å². The van der Waals surface area contributed by atoms with Crippen LogP contribution in [-0.2, 0) is 0 Å². The number of H-pyrrole nitrogens is 1. The first-order valence-corrected chi connectivity index (χ1v) is 5.45. The molecular formula is C10H13N5O. The van der Waals surface area contributed by atoms with Gasteiger partial charge in [0.15, 0.2) is 5.65 Å². The Hall–Kier alpha value is -1.69. The van der Waals surface area contributed by atoms with Crippen LogP contribution in [0.4, 0.5) is 0 Å². The molecule has 2 N–H and O–H groups in total. The van der Waals surface area contributed by atoms with Crippen molar-refractivity contribution in [3.8, 4) is 6.01 Å². The minimum Gasteiger partial charge on any atom is -0.460 e. The Balaban J connectivity index is 1.77. The summed E-state index contributed by atoms with van der Waals surface area (Å²) < 4.78 is 5.72. The summed E-state index contributed by atoms with van der Waals surface area (Å²) in [5.41, 5.74) is 0.721. The molecule has 6 heteroatoms. The maximum Gasteiger partial charge on any atom is 0.318 e. The molecule has 1 aliphatic heterocycles. The summed E-state index contributed by atoms with van der Waals surface area (Å²) in [6.45, 7) is 1.99. The summed E-state index contributed by atoms with van der Waals surface area (Å²) in [5.74, 6) is 0. The van der Waals surface area contributed by atoms with Gasteiger partial charge in [-0.2, -0.15) is 10.1 Å². The summed E-state index contributed by atoms with van der Waals surface area (Å²) in [7, 11) is 0. The fraction of sp³-hybridized carbons (Fsp3) is 0.500. The largest absolute Gasteiger partial charge is 0.460 e. The molecule has 2 aromatic heterocycles. The number of ether oxygens (including phenoxy) is 1. The van der Waals surface area contributed by atoms with Gasteiger partial charge in [-0.15, -0.1) is 0 Å². The first-order chi connectivity index (χ1) is 7.92. The summed E-state index contributed by atoms with van der Waals surface area (Å²) in [6.07, 6.45) is 5.65. The van der Waals surface area contributed by atoms with E-state index in [1.54, 1.807) is 12.4 Å². The molecule has 1 aliphatic rings. The highest BCUT2D eigenvalue weighted by atomic mass is 16.5. The summed E-state index contributed by atoms with van der Waals surface area (Å²) in [6, 6.07) is 0.434. The van der Waals surface area contributed by atoms with Crippen molar-refractivity contribution in [2.75, 3.05) is 13.1 Å². The second-order valence-corrected chi connectivity index (χ2v) is 3.89. The Kier molecular flexibility index (Phi) is 2.41. The standard InChI is InChI=1S/C10H13N5O/c1-3-11-4-2-8(1)16-10-12-5-7-6-13-15-9(7)14-10/h5-6,8,11H,1-4H2,(H,12,13,14,15). The lowest BCUT2D eigenvalue weighted by Crippen LogP contribution is -2.34. The van der Waals surface area contributed by atoms with E-state index in [1.807, 2.05) is 0 Å². The lowest BCUT2D eigenvalue weighted by Gasteiger charge is -2.22. The molecule has 0 aliphatic carbocycles. The van der Waals surface area contributed by atoms with Gasteiger partial charge >= 0.3 is 6.01 Å². The number of piperidine rings is 1. The van der Waals surface area contributed by atoms with Gasteiger partial charge in [-0.05, 0) is 25.9 Å². The number of aromatic nitrogens is 4. The van der Waals surface area contributed by atoms with Crippen molar-refractivity contribution in [2.45, 2.75) is 18.9 Å². The van der Waals surface area contributed by atoms with Gasteiger partial charge < -0.3 is 10.1 Å². The molecule has 0 bridgehead atoms. The molecule has 6 nitrogen and oxygen atoms in total. The van der Waals surface area contributed by atoms with Crippen molar-refractivity contribution >= 4 is 11.0 Å². The van der Waals surface area contributed by atoms with Crippen molar-refractivity contribution < 1.29 is 4.74 Å². The maximum absolute atomic E-state index is 5.72. The fourth-order valence-corrected chi connectivity index (χ4v) is 1.84. The number of nitrogens with one attached hydrogen (secondary N) is 2. The van der Waals surface area contributed by atoms with Crippen LogP contribution in [0.2, 0.25) is 0 Å². The molecule has 2 aromatic rings. The van der Waals surface area contributed by atoms with Gasteiger partial charge in [0.05, 0.1) is 11.6 Å². The van der Waals surface area contributed by atoms with E-state index in [0.717, 1.165) is 37.0 Å². The molecule has 1 fully saturated rings. The summed E-state index contributed by atoms with van der Waals surface area (Å²) in [5, 5.41) is 10.9. The van der Waals surface area contributed by atoms with Crippen LogP contribution in [-0.4, -0.2) is 39.4 Å². The van der Waals surface area contributed by atoms with Crippen LogP contribution in [0, 0.1) is 0 Å². The quantitative estimate of drug-likeness (QED) is 0.768. The van der Waals surface area contributed by atoms with Crippen molar-refractivity contribution in [1.82, 2.24) is 25.5 Å². The number of fused-ring (bicyclic) bond motifs is 1. The van der Waals surface area contributed by atoms with Crippen LogP contribution in [0.1, 0.15) is 12.8 Å². The predicted molar refractivity (Wildman–Crippen MR) is 58.2 cm³/mol. The zero-order valence-corrected chi connectivity index (χ0v) is 8.81. The topological polar surface area (TPSA) is 75.7 Å². The van der Waals surface area contributed by atoms with Crippen LogP contribution < -0.4 is 10.1 Å². The minimum absolute atomic E-state index is 0.224. The molecule has 0 saturated carbocycles. The average molecular weight is 219 g/mol. The highest BCUT2D eigenvalue weighted by Crippen LogP contribution is 2.14. The highest BCUT2D eigenvalue weighted by Gasteiger charge is 2.15. The maximum atomic E-state index is 5.72. The molecule has 0 radical (unpaired) electrons. The van der Waals surface area contributed by atoms with E-state index < -0.39 is 0 Å². The predicted octanol–water partition coefficient (Wildman–Crippen LogP) is 0.484.